The van der Waals surface area contributed by atoms with Gasteiger partial charge in [-0.05, 0) is 53.8 Å². The minimum atomic E-state index is 0.205. The predicted molar refractivity (Wildman–Crippen MR) is 154 cm³/mol. The zero-order valence-corrected chi connectivity index (χ0v) is 22.4. The van der Waals surface area contributed by atoms with E-state index in [2.05, 4.69) is 69.2 Å². The summed E-state index contributed by atoms with van der Waals surface area (Å²) in [4.78, 5) is 12.5. The number of nitrogens with zero attached hydrogens (tertiary/aromatic N) is 4. The van der Waals surface area contributed by atoms with Crippen molar-refractivity contribution in [3.8, 4) is 11.5 Å². The Labute approximate surface area is 229 Å². The second-order valence-electron chi connectivity index (χ2n) is 9.95. The van der Waals surface area contributed by atoms with Crippen LogP contribution >= 0.6 is 0 Å². The molecule has 6 rings (SSSR count). The third-order valence-electron chi connectivity index (χ3n) is 7.36. The number of hydrogen-bond donors (Lipinski definition) is 2. The standard InChI is InChI=1S/C31H34N6O2/c1-38-25-13-11-24(12-14-25)20-36-18-16-27-28-29(36)33-31(32-17-15-22-9-6-10-26(19-22)39-2)34-30(28)37(35-27)21-23-7-4-3-5-8-23/h3-14,19,27,35H,15-18,20-21H2,1-2H3,(H,32,33,34). The molecular formula is C31H34N6O2. The second kappa shape index (κ2) is 11.2. The molecule has 1 atom stereocenters. The molecule has 0 bridgehead atoms. The van der Waals surface area contributed by atoms with Gasteiger partial charge in [0.05, 0.1) is 32.4 Å². The predicted octanol–water partition coefficient (Wildman–Crippen LogP) is 5.12. The first kappa shape index (κ1) is 25.0. The van der Waals surface area contributed by atoms with Crippen LogP contribution in [-0.2, 0) is 19.5 Å². The minimum absolute atomic E-state index is 0.205. The van der Waals surface area contributed by atoms with Crippen molar-refractivity contribution in [3.05, 3.63) is 101 Å². The van der Waals surface area contributed by atoms with Crippen molar-refractivity contribution in [2.45, 2.75) is 32.0 Å². The Kier molecular flexibility index (Phi) is 7.19. The molecule has 8 heteroatoms. The van der Waals surface area contributed by atoms with Gasteiger partial charge in [0.1, 0.15) is 17.3 Å². The van der Waals surface area contributed by atoms with Crippen molar-refractivity contribution in [3.63, 3.8) is 0 Å². The summed E-state index contributed by atoms with van der Waals surface area (Å²) in [5.74, 6) is 4.34. The molecule has 39 heavy (non-hydrogen) atoms. The van der Waals surface area contributed by atoms with Gasteiger partial charge in [-0.15, -0.1) is 0 Å². The third kappa shape index (κ3) is 5.47. The first-order chi connectivity index (χ1) is 19.2. The highest BCUT2D eigenvalue weighted by molar-refractivity contribution is 5.68. The molecule has 0 spiro atoms. The van der Waals surface area contributed by atoms with E-state index < -0.39 is 0 Å². The van der Waals surface area contributed by atoms with Crippen molar-refractivity contribution in [1.82, 2.24) is 15.4 Å². The lowest BCUT2D eigenvalue weighted by atomic mass is 10.0. The van der Waals surface area contributed by atoms with Crippen LogP contribution in [0, 0.1) is 0 Å². The maximum Gasteiger partial charge on any atom is 0.226 e. The second-order valence-corrected chi connectivity index (χ2v) is 9.95. The van der Waals surface area contributed by atoms with E-state index in [0.717, 1.165) is 62.2 Å². The maximum atomic E-state index is 5.38. The topological polar surface area (TPSA) is 74.8 Å². The molecule has 2 aliphatic rings. The third-order valence-corrected chi connectivity index (χ3v) is 7.36. The molecule has 1 unspecified atom stereocenters. The van der Waals surface area contributed by atoms with Gasteiger partial charge in [-0.1, -0.05) is 54.6 Å². The molecule has 0 saturated heterocycles. The summed E-state index contributed by atoms with van der Waals surface area (Å²) >= 11 is 0. The van der Waals surface area contributed by atoms with Crippen LogP contribution < -0.4 is 30.1 Å². The van der Waals surface area contributed by atoms with Crippen molar-refractivity contribution in [1.29, 1.82) is 0 Å². The van der Waals surface area contributed by atoms with Gasteiger partial charge in [-0.2, -0.15) is 9.97 Å². The minimum Gasteiger partial charge on any atom is -0.497 e. The Morgan fingerprint density at radius 2 is 1.56 bits per heavy atom. The van der Waals surface area contributed by atoms with Crippen molar-refractivity contribution < 1.29 is 9.47 Å². The van der Waals surface area contributed by atoms with E-state index in [1.807, 2.05) is 30.3 Å². The van der Waals surface area contributed by atoms with Crippen LogP contribution in [0.4, 0.5) is 17.6 Å². The maximum absolute atomic E-state index is 5.38. The molecule has 3 heterocycles. The van der Waals surface area contributed by atoms with Crippen LogP contribution in [0.3, 0.4) is 0 Å². The molecule has 200 valence electrons. The average molecular weight is 523 g/mol. The Morgan fingerprint density at radius 3 is 2.36 bits per heavy atom. The number of anilines is 3. The van der Waals surface area contributed by atoms with E-state index in [0.29, 0.717) is 5.95 Å². The highest BCUT2D eigenvalue weighted by Crippen LogP contribution is 2.44. The molecular weight excluding hydrogens is 488 g/mol. The fraction of sp³-hybridized carbons (Fsp3) is 0.290. The summed E-state index contributed by atoms with van der Waals surface area (Å²) in [5, 5.41) is 5.68. The number of benzene rings is 3. The Hall–Kier alpha value is -4.30. The normalized spacial score (nSPS) is 15.7. The fourth-order valence-electron chi connectivity index (χ4n) is 5.34. The van der Waals surface area contributed by atoms with Crippen molar-refractivity contribution >= 4 is 17.6 Å². The molecule has 0 amide bonds. The van der Waals surface area contributed by atoms with Crippen LogP contribution in [0.1, 0.15) is 34.7 Å². The molecule has 2 aliphatic heterocycles. The first-order valence-corrected chi connectivity index (χ1v) is 13.4. The average Bonchev–Trinajstić information content (AvgIpc) is 3.33. The molecule has 0 fully saturated rings. The molecule has 0 aliphatic carbocycles. The zero-order valence-electron chi connectivity index (χ0n) is 22.4. The van der Waals surface area contributed by atoms with Gasteiger partial charge in [-0.25, -0.2) is 5.43 Å². The van der Waals surface area contributed by atoms with Gasteiger partial charge in [0, 0.05) is 19.6 Å². The van der Waals surface area contributed by atoms with E-state index in [-0.39, 0.29) is 6.04 Å². The number of rotatable bonds is 10. The quantitative estimate of drug-likeness (QED) is 0.297. The summed E-state index contributed by atoms with van der Waals surface area (Å²) < 4.78 is 10.7. The zero-order chi connectivity index (χ0) is 26.6. The highest BCUT2D eigenvalue weighted by Gasteiger charge is 2.38. The number of ether oxygens (including phenoxy) is 2. The number of hydrogen-bond acceptors (Lipinski definition) is 8. The molecule has 3 aromatic carbocycles. The molecule has 8 nitrogen and oxygen atoms in total. The lowest BCUT2D eigenvalue weighted by molar-refractivity contribution is 0.414. The van der Waals surface area contributed by atoms with Crippen molar-refractivity contribution in [2.75, 3.05) is 42.5 Å². The Bertz CT molecular complexity index is 1410. The van der Waals surface area contributed by atoms with Gasteiger partial charge < -0.3 is 19.7 Å². The Balaban J connectivity index is 1.28. The summed E-state index contributed by atoms with van der Waals surface area (Å²) in [5.41, 5.74) is 8.56. The summed E-state index contributed by atoms with van der Waals surface area (Å²) in [6, 6.07) is 27.2. The Morgan fingerprint density at radius 1 is 0.821 bits per heavy atom. The number of hydrazine groups is 1. The van der Waals surface area contributed by atoms with Gasteiger partial charge in [0.25, 0.3) is 0 Å². The van der Waals surface area contributed by atoms with E-state index in [1.165, 1.54) is 22.3 Å². The van der Waals surface area contributed by atoms with Crippen LogP contribution in [0.25, 0.3) is 0 Å². The van der Waals surface area contributed by atoms with Crippen LogP contribution in [0.15, 0.2) is 78.9 Å². The van der Waals surface area contributed by atoms with E-state index in [4.69, 9.17) is 19.4 Å². The number of nitrogens with one attached hydrogen (secondary N) is 2. The monoisotopic (exact) mass is 522 g/mol. The summed E-state index contributed by atoms with van der Waals surface area (Å²) in [6.45, 7) is 3.15. The fourth-order valence-corrected chi connectivity index (χ4v) is 5.34. The SMILES string of the molecule is COc1ccc(CN2CCC3NN(Cc4ccccc4)c4nc(NCCc5cccc(OC)c5)nc2c43)cc1. The van der Waals surface area contributed by atoms with Crippen LogP contribution in [-0.4, -0.2) is 37.3 Å². The first-order valence-electron chi connectivity index (χ1n) is 13.4. The molecule has 2 N–H and O–H groups in total. The van der Waals surface area contributed by atoms with E-state index in [1.54, 1.807) is 14.2 Å². The summed E-state index contributed by atoms with van der Waals surface area (Å²) in [6.07, 6.45) is 1.84. The van der Waals surface area contributed by atoms with Crippen LogP contribution in [0.2, 0.25) is 0 Å². The van der Waals surface area contributed by atoms with Gasteiger partial charge in [0.2, 0.25) is 5.95 Å². The molecule has 0 radical (unpaired) electrons. The summed E-state index contributed by atoms with van der Waals surface area (Å²) in [7, 11) is 3.39. The van der Waals surface area contributed by atoms with Gasteiger partial charge in [-0.3, -0.25) is 5.01 Å². The van der Waals surface area contributed by atoms with Crippen molar-refractivity contribution in [2.24, 2.45) is 0 Å². The van der Waals surface area contributed by atoms with E-state index in [9.17, 15) is 0 Å². The molecule has 0 saturated carbocycles. The van der Waals surface area contributed by atoms with Gasteiger partial charge in [0.15, 0.2) is 5.82 Å². The lowest BCUT2D eigenvalue weighted by Gasteiger charge is -2.32. The smallest absolute Gasteiger partial charge is 0.226 e. The highest BCUT2D eigenvalue weighted by atomic mass is 16.5. The van der Waals surface area contributed by atoms with E-state index >= 15 is 0 Å². The number of methoxy groups -OCH3 is 2. The lowest BCUT2D eigenvalue weighted by Crippen LogP contribution is -2.37. The molecule has 1 aromatic heterocycles. The van der Waals surface area contributed by atoms with Crippen LogP contribution in [0.5, 0.6) is 11.5 Å². The van der Waals surface area contributed by atoms with Gasteiger partial charge >= 0.3 is 0 Å². The largest absolute Gasteiger partial charge is 0.497 e. The molecule has 4 aromatic rings. The number of aromatic nitrogens is 2.